The Labute approximate surface area is 116 Å². The van der Waals surface area contributed by atoms with Crippen molar-refractivity contribution in [1.82, 2.24) is 4.90 Å². The molecule has 1 amide bonds. The number of rotatable bonds is 3. The highest BCUT2D eigenvalue weighted by atomic mass is 16.6. The molecule has 1 saturated heterocycles. The van der Waals surface area contributed by atoms with Gasteiger partial charge in [-0.15, -0.1) is 0 Å². The van der Waals surface area contributed by atoms with E-state index in [0.29, 0.717) is 6.04 Å². The van der Waals surface area contributed by atoms with E-state index in [0.717, 1.165) is 32.4 Å². The van der Waals surface area contributed by atoms with Crippen LogP contribution in [0.3, 0.4) is 0 Å². The van der Waals surface area contributed by atoms with Gasteiger partial charge in [0.05, 0.1) is 0 Å². The van der Waals surface area contributed by atoms with Crippen LogP contribution in [0, 0.1) is 5.41 Å². The molecule has 1 saturated carbocycles. The quantitative estimate of drug-likeness (QED) is 0.856. The highest BCUT2D eigenvalue weighted by Gasteiger charge is 2.49. The molecule has 110 valence electrons. The van der Waals surface area contributed by atoms with Gasteiger partial charge in [0.1, 0.15) is 5.60 Å². The number of ether oxygens (including phenoxy) is 1. The van der Waals surface area contributed by atoms with Gasteiger partial charge in [-0.1, -0.05) is 6.42 Å². The molecule has 4 nitrogen and oxygen atoms in total. The third-order valence-corrected chi connectivity index (χ3v) is 4.58. The average Bonchev–Trinajstić information content (AvgIpc) is 2.69. The molecule has 0 aromatic heterocycles. The van der Waals surface area contributed by atoms with Crippen molar-refractivity contribution >= 4 is 6.09 Å². The lowest BCUT2D eigenvalue weighted by molar-refractivity contribution is -0.0171. The van der Waals surface area contributed by atoms with Gasteiger partial charge in [-0.05, 0) is 64.8 Å². The molecule has 0 aromatic rings. The van der Waals surface area contributed by atoms with Crippen LogP contribution < -0.4 is 5.73 Å². The van der Waals surface area contributed by atoms with E-state index in [1.807, 2.05) is 25.7 Å². The fourth-order valence-electron chi connectivity index (χ4n) is 3.61. The van der Waals surface area contributed by atoms with Crippen LogP contribution in [0.2, 0.25) is 0 Å². The molecule has 2 fully saturated rings. The summed E-state index contributed by atoms with van der Waals surface area (Å²) >= 11 is 0. The third kappa shape index (κ3) is 3.04. The topological polar surface area (TPSA) is 55.6 Å². The lowest BCUT2D eigenvalue weighted by Gasteiger charge is -2.49. The molecule has 1 aliphatic carbocycles. The summed E-state index contributed by atoms with van der Waals surface area (Å²) in [5, 5.41) is 0. The van der Waals surface area contributed by atoms with Gasteiger partial charge in [-0.25, -0.2) is 4.79 Å². The minimum absolute atomic E-state index is 0.140. The maximum atomic E-state index is 12.3. The second-order valence-electron chi connectivity index (χ2n) is 7.09. The van der Waals surface area contributed by atoms with Gasteiger partial charge < -0.3 is 15.4 Å². The van der Waals surface area contributed by atoms with Crippen LogP contribution in [0.15, 0.2) is 0 Å². The summed E-state index contributed by atoms with van der Waals surface area (Å²) in [4.78, 5) is 14.3. The van der Waals surface area contributed by atoms with Gasteiger partial charge in [0, 0.05) is 12.6 Å². The van der Waals surface area contributed by atoms with E-state index in [2.05, 4.69) is 0 Å². The Morgan fingerprint density at radius 3 is 2.53 bits per heavy atom. The van der Waals surface area contributed by atoms with Crippen molar-refractivity contribution in [2.45, 2.75) is 70.9 Å². The minimum atomic E-state index is -0.412. The first kappa shape index (κ1) is 14.6. The highest BCUT2D eigenvalue weighted by Crippen LogP contribution is 2.51. The molecular weight excluding hydrogens is 240 g/mol. The fourth-order valence-corrected chi connectivity index (χ4v) is 3.61. The molecule has 1 atom stereocenters. The van der Waals surface area contributed by atoms with Crippen LogP contribution in [0.1, 0.15) is 59.3 Å². The van der Waals surface area contributed by atoms with E-state index in [-0.39, 0.29) is 11.5 Å². The molecule has 1 aliphatic heterocycles. The van der Waals surface area contributed by atoms with Crippen molar-refractivity contribution in [3.05, 3.63) is 0 Å². The highest BCUT2D eigenvalue weighted by molar-refractivity contribution is 5.69. The number of nitrogens with two attached hydrogens (primary N) is 1. The summed E-state index contributed by atoms with van der Waals surface area (Å²) in [6, 6.07) is 0.347. The number of hydrogen-bond acceptors (Lipinski definition) is 3. The van der Waals surface area contributed by atoms with E-state index in [9.17, 15) is 4.79 Å². The zero-order valence-corrected chi connectivity index (χ0v) is 12.6. The van der Waals surface area contributed by atoms with E-state index in [1.165, 1.54) is 19.3 Å². The molecular formula is C15H28N2O2. The second-order valence-corrected chi connectivity index (χ2v) is 7.09. The lowest BCUT2D eigenvalue weighted by atomic mass is 9.61. The Morgan fingerprint density at radius 2 is 2.05 bits per heavy atom. The van der Waals surface area contributed by atoms with Crippen molar-refractivity contribution in [2.75, 3.05) is 13.1 Å². The molecule has 19 heavy (non-hydrogen) atoms. The Balaban J connectivity index is 2.06. The van der Waals surface area contributed by atoms with Crippen LogP contribution in [-0.2, 0) is 4.74 Å². The van der Waals surface area contributed by atoms with Gasteiger partial charge in [0.15, 0.2) is 0 Å². The zero-order valence-electron chi connectivity index (χ0n) is 12.6. The predicted octanol–water partition coefficient (Wildman–Crippen LogP) is 2.91. The van der Waals surface area contributed by atoms with Crippen LogP contribution >= 0.6 is 0 Å². The summed E-state index contributed by atoms with van der Waals surface area (Å²) in [6.07, 6.45) is 6.81. The van der Waals surface area contributed by atoms with Crippen LogP contribution in [-0.4, -0.2) is 35.7 Å². The molecule has 2 aliphatic rings. The normalized spacial score (nSPS) is 26.1. The van der Waals surface area contributed by atoms with Crippen molar-refractivity contribution in [1.29, 1.82) is 0 Å². The predicted molar refractivity (Wildman–Crippen MR) is 75.9 cm³/mol. The molecule has 0 bridgehead atoms. The minimum Gasteiger partial charge on any atom is -0.444 e. The van der Waals surface area contributed by atoms with Crippen LogP contribution in [0.25, 0.3) is 0 Å². The van der Waals surface area contributed by atoms with E-state index in [1.54, 1.807) is 0 Å². The molecule has 0 radical (unpaired) electrons. The van der Waals surface area contributed by atoms with Crippen molar-refractivity contribution in [3.8, 4) is 0 Å². The van der Waals surface area contributed by atoms with Gasteiger partial charge in [-0.3, -0.25) is 0 Å². The van der Waals surface area contributed by atoms with E-state index >= 15 is 0 Å². The molecule has 0 spiro atoms. The van der Waals surface area contributed by atoms with Gasteiger partial charge >= 0.3 is 6.09 Å². The average molecular weight is 268 g/mol. The Kier molecular flexibility index (Phi) is 4.09. The summed E-state index contributed by atoms with van der Waals surface area (Å²) < 4.78 is 5.55. The monoisotopic (exact) mass is 268 g/mol. The van der Waals surface area contributed by atoms with Crippen LogP contribution in [0.4, 0.5) is 4.79 Å². The van der Waals surface area contributed by atoms with E-state index in [4.69, 9.17) is 10.5 Å². The fraction of sp³-hybridized carbons (Fsp3) is 0.933. The second kappa shape index (κ2) is 5.31. The smallest absolute Gasteiger partial charge is 0.410 e. The number of nitrogens with zero attached hydrogens (tertiary/aromatic N) is 1. The van der Waals surface area contributed by atoms with E-state index < -0.39 is 5.60 Å². The first-order valence-corrected chi connectivity index (χ1v) is 7.58. The van der Waals surface area contributed by atoms with Gasteiger partial charge in [0.25, 0.3) is 0 Å². The molecule has 1 unspecified atom stereocenters. The maximum absolute atomic E-state index is 12.3. The van der Waals surface area contributed by atoms with Crippen LogP contribution in [0.5, 0.6) is 0 Å². The summed E-state index contributed by atoms with van der Waals surface area (Å²) in [7, 11) is 0. The Bertz CT molecular complexity index is 332. The third-order valence-electron chi connectivity index (χ3n) is 4.58. The lowest BCUT2D eigenvalue weighted by Crippen LogP contribution is -2.52. The number of hydrogen-bond donors (Lipinski definition) is 1. The summed E-state index contributed by atoms with van der Waals surface area (Å²) in [5.41, 5.74) is 5.65. The van der Waals surface area contributed by atoms with Crippen molar-refractivity contribution < 1.29 is 9.53 Å². The van der Waals surface area contributed by atoms with Gasteiger partial charge in [0.2, 0.25) is 0 Å². The number of amides is 1. The zero-order chi connectivity index (χ0) is 14.1. The molecule has 2 rings (SSSR count). The maximum Gasteiger partial charge on any atom is 0.410 e. The Morgan fingerprint density at radius 1 is 1.37 bits per heavy atom. The number of carbonyl (C=O) groups is 1. The summed E-state index contributed by atoms with van der Waals surface area (Å²) in [5.74, 6) is 0. The SMILES string of the molecule is CC(C)(C)OC(=O)N1CCCC1C1(CCN)CCC1. The first-order valence-electron chi connectivity index (χ1n) is 7.58. The largest absolute Gasteiger partial charge is 0.444 e. The van der Waals surface area contributed by atoms with Crippen molar-refractivity contribution in [2.24, 2.45) is 11.1 Å². The number of likely N-dealkylation sites (tertiary alicyclic amines) is 1. The van der Waals surface area contributed by atoms with Crippen molar-refractivity contribution in [3.63, 3.8) is 0 Å². The number of carbonyl (C=O) groups excluding carboxylic acids is 1. The summed E-state index contributed by atoms with van der Waals surface area (Å²) in [6.45, 7) is 7.34. The first-order chi connectivity index (χ1) is 8.88. The molecule has 0 aromatic carbocycles. The standard InChI is InChI=1S/C15H28N2O2/c1-14(2,3)19-13(18)17-11-4-6-12(17)15(9-10-16)7-5-8-15/h12H,4-11,16H2,1-3H3. The molecule has 4 heteroatoms. The molecule has 1 heterocycles. The Hall–Kier alpha value is -0.770. The molecule has 2 N–H and O–H groups in total. The van der Waals surface area contributed by atoms with Gasteiger partial charge in [-0.2, -0.15) is 0 Å².